The Morgan fingerprint density at radius 3 is 2.70 bits per heavy atom. The van der Waals surface area contributed by atoms with Gasteiger partial charge in [0.05, 0.1) is 11.7 Å². The van der Waals surface area contributed by atoms with Crippen molar-refractivity contribution in [1.82, 2.24) is 14.9 Å². The Balaban J connectivity index is 2.06. The molecule has 2 heterocycles. The van der Waals surface area contributed by atoms with Gasteiger partial charge in [-0.1, -0.05) is 0 Å². The normalized spacial score (nSPS) is 18.7. The van der Waals surface area contributed by atoms with Gasteiger partial charge in [-0.3, -0.25) is 4.98 Å². The van der Waals surface area contributed by atoms with Crippen LogP contribution in [0.4, 0.5) is 10.6 Å². The number of anilines is 1. The Bertz CT molecular complexity index is 542. The lowest BCUT2D eigenvalue weighted by Crippen LogP contribution is -2.50. The number of likely N-dealkylation sites (tertiary alicyclic amines) is 1. The van der Waals surface area contributed by atoms with Crippen LogP contribution in [0.3, 0.4) is 0 Å². The van der Waals surface area contributed by atoms with E-state index in [-0.39, 0.29) is 12.1 Å². The number of hydrogen-bond acceptors (Lipinski definition) is 5. The van der Waals surface area contributed by atoms with Crippen LogP contribution >= 0.6 is 0 Å². The minimum absolute atomic E-state index is 0.144. The van der Waals surface area contributed by atoms with Crippen molar-refractivity contribution in [3.05, 3.63) is 18.1 Å². The van der Waals surface area contributed by atoms with E-state index in [0.29, 0.717) is 0 Å². The second-order valence-electron chi connectivity index (χ2n) is 7.17. The molecule has 1 saturated heterocycles. The summed E-state index contributed by atoms with van der Waals surface area (Å²) < 4.78 is 5.56. The summed E-state index contributed by atoms with van der Waals surface area (Å²) in [5.74, 6) is 0.863. The van der Waals surface area contributed by atoms with Gasteiger partial charge in [-0.05, 0) is 47.0 Å². The molecule has 1 fully saturated rings. The number of amides is 1. The van der Waals surface area contributed by atoms with Crippen LogP contribution in [-0.2, 0) is 4.74 Å². The Morgan fingerprint density at radius 2 is 2.04 bits per heavy atom. The molecule has 0 saturated carbocycles. The van der Waals surface area contributed by atoms with Crippen LogP contribution in [0.2, 0.25) is 0 Å². The molecule has 1 amide bonds. The van der Waals surface area contributed by atoms with E-state index in [4.69, 9.17) is 4.74 Å². The van der Waals surface area contributed by atoms with Crippen molar-refractivity contribution in [1.29, 1.82) is 0 Å². The van der Waals surface area contributed by atoms with E-state index in [1.54, 1.807) is 12.4 Å². The third-order valence-corrected chi connectivity index (χ3v) is 3.96. The third kappa shape index (κ3) is 4.81. The molecule has 23 heavy (non-hydrogen) atoms. The summed E-state index contributed by atoms with van der Waals surface area (Å²) in [6.45, 7) is 9.15. The first-order valence-corrected chi connectivity index (χ1v) is 8.26. The molecule has 0 unspecified atom stereocenters. The van der Waals surface area contributed by atoms with Crippen LogP contribution in [0.15, 0.2) is 12.4 Å². The Kier molecular flexibility index (Phi) is 5.44. The van der Waals surface area contributed by atoms with E-state index in [0.717, 1.165) is 43.9 Å². The molecule has 1 aliphatic heterocycles. The van der Waals surface area contributed by atoms with Crippen LogP contribution in [0.25, 0.3) is 0 Å². The van der Waals surface area contributed by atoms with Crippen molar-refractivity contribution in [2.75, 3.05) is 25.0 Å². The first-order chi connectivity index (χ1) is 10.8. The van der Waals surface area contributed by atoms with Gasteiger partial charge < -0.3 is 14.5 Å². The maximum absolute atomic E-state index is 12.5. The lowest BCUT2D eigenvalue weighted by molar-refractivity contribution is 0.0108. The number of aryl methyl sites for hydroxylation is 1. The number of hydrogen-bond donors (Lipinski definition) is 0. The second kappa shape index (κ2) is 7.15. The molecular formula is C17H28N4O2. The number of likely N-dealkylation sites (N-methyl/N-ethyl adjacent to an activating group) is 1. The summed E-state index contributed by atoms with van der Waals surface area (Å²) in [7, 11) is 2.00. The molecule has 1 atom stereocenters. The van der Waals surface area contributed by atoms with E-state index in [2.05, 4.69) is 14.9 Å². The number of carbonyl (C=O) groups excluding carboxylic acids is 1. The van der Waals surface area contributed by atoms with E-state index in [9.17, 15) is 4.79 Å². The van der Waals surface area contributed by atoms with Gasteiger partial charge in [0, 0.05) is 32.5 Å². The molecule has 128 valence electrons. The van der Waals surface area contributed by atoms with Crippen LogP contribution in [0, 0.1) is 6.92 Å². The summed E-state index contributed by atoms with van der Waals surface area (Å²) in [6, 6.07) is 0.144. The number of nitrogens with zero attached hydrogens (tertiary/aromatic N) is 4. The van der Waals surface area contributed by atoms with Gasteiger partial charge in [-0.25, -0.2) is 9.78 Å². The van der Waals surface area contributed by atoms with Gasteiger partial charge >= 0.3 is 6.09 Å². The lowest BCUT2D eigenvalue weighted by atomic mass is 10.0. The van der Waals surface area contributed by atoms with E-state index >= 15 is 0 Å². The molecule has 6 heteroatoms. The third-order valence-electron chi connectivity index (χ3n) is 3.96. The largest absolute Gasteiger partial charge is 0.444 e. The number of piperidine rings is 1. The number of aromatic nitrogens is 2. The van der Waals surface area contributed by atoms with Gasteiger partial charge in [0.15, 0.2) is 0 Å². The molecule has 2 rings (SSSR count). The highest BCUT2D eigenvalue weighted by molar-refractivity contribution is 5.68. The second-order valence-corrected chi connectivity index (χ2v) is 7.17. The van der Waals surface area contributed by atoms with E-state index in [1.807, 2.05) is 39.6 Å². The van der Waals surface area contributed by atoms with Gasteiger partial charge in [0.2, 0.25) is 0 Å². The van der Waals surface area contributed by atoms with Gasteiger partial charge in [0.1, 0.15) is 11.4 Å². The molecule has 1 aliphatic rings. The highest BCUT2D eigenvalue weighted by atomic mass is 16.6. The molecule has 0 spiro atoms. The number of ether oxygens (including phenoxy) is 1. The van der Waals surface area contributed by atoms with E-state index in [1.165, 1.54) is 0 Å². The van der Waals surface area contributed by atoms with Crippen LogP contribution in [-0.4, -0.2) is 52.7 Å². The smallest absolute Gasteiger partial charge is 0.410 e. The maximum Gasteiger partial charge on any atom is 0.410 e. The molecule has 0 aromatic carbocycles. The Hall–Kier alpha value is -1.85. The topological polar surface area (TPSA) is 58.6 Å². The van der Waals surface area contributed by atoms with Gasteiger partial charge in [0.25, 0.3) is 0 Å². The Morgan fingerprint density at radius 1 is 1.35 bits per heavy atom. The quantitative estimate of drug-likeness (QED) is 0.857. The van der Waals surface area contributed by atoms with Crippen molar-refractivity contribution in [3.8, 4) is 0 Å². The zero-order valence-electron chi connectivity index (χ0n) is 14.9. The molecule has 0 bridgehead atoms. The predicted octanol–water partition coefficient (Wildman–Crippen LogP) is 3.01. The first kappa shape index (κ1) is 17.5. The van der Waals surface area contributed by atoms with Crippen LogP contribution < -0.4 is 4.90 Å². The van der Waals surface area contributed by atoms with Crippen LogP contribution in [0.1, 0.15) is 45.7 Å². The fourth-order valence-electron chi connectivity index (χ4n) is 2.93. The van der Waals surface area contributed by atoms with Crippen LogP contribution in [0.5, 0.6) is 0 Å². The zero-order valence-corrected chi connectivity index (χ0v) is 14.9. The minimum Gasteiger partial charge on any atom is -0.444 e. The average Bonchev–Trinajstić information content (AvgIpc) is 2.46. The molecule has 0 aliphatic carbocycles. The number of carbonyl (C=O) groups is 1. The summed E-state index contributed by atoms with van der Waals surface area (Å²) >= 11 is 0. The first-order valence-electron chi connectivity index (χ1n) is 8.26. The monoisotopic (exact) mass is 320 g/mol. The predicted molar refractivity (Wildman–Crippen MR) is 90.6 cm³/mol. The fraction of sp³-hybridized carbons (Fsp3) is 0.706. The molecular weight excluding hydrogens is 292 g/mol. The minimum atomic E-state index is -0.466. The lowest BCUT2D eigenvalue weighted by Gasteiger charge is -2.38. The zero-order chi connectivity index (χ0) is 17.0. The summed E-state index contributed by atoms with van der Waals surface area (Å²) in [4.78, 5) is 25.1. The molecule has 1 aromatic rings. The standard InChI is InChI=1S/C17H28N4O2/c1-13-15(19-10-9-18-13)20(5)12-14-8-6-7-11-21(14)16(22)23-17(2,3)4/h9-10,14H,6-8,11-12H2,1-5H3/t14-/m0/s1. The molecule has 1 aromatic heterocycles. The SMILES string of the molecule is Cc1nccnc1N(C)C[C@@H]1CCCCN1C(=O)OC(C)(C)C. The average molecular weight is 320 g/mol. The van der Waals surface area contributed by atoms with Gasteiger partial charge in [-0.2, -0.15) is 0 Å². The number of rotatable bonds is 3. The molecule has 6 nitrogen and oxygen atoms in total. The van der Waals surface area contributed by atoms with Crippen molar-refractivity contribution < 1.29 is 9.53 Å². The van der Waals surface area contributed by atoms with E-state index < -0.39 is 5.60 Å². The fourth-order valence-corrected chi connectivity index (χ4v) is 2.93. The van der Waals surface area contributed by atoms with Crippen molar-refractivity contribution in [2.24, 2.45) is 0 Å². The maximum atomic E-state index is 12.5. The van der Waals surface area contributed by atoms with Gasteiger partial charge in [-0.15, -0.1) is 0 Å². The highest BCUT2D eigenvalue weighted by Crippen LogP contribution is 2.22. The molecule has 0 N–H and O–H groups in total. The summed E-state index contributed by atoms with van der Waals surface area (Å²) in [6.07, 6.45) is 6.33. The summed E-state index contributed by atoms with van der Waals surface area (Å²) in [5, 5.41) is 0. The Labute approximate surface area is 138 Å². The van der Waals surface area contributed by atoms with Crippen molar-refractivity contribution in [3.63, 3.8) is 0 Å². The highest BCUT2D eigenvalue weighted by Gasteiger charge is 2.31. The van der Waals surface area contributed by atoms with Crippen molar-refractivity contribution >= 4 is 11.9 Å². The van der Waals surface area contributed by atoms with Crippen molar-refractivity contribution in [2.45, 2.75) is 58.6 Å². The summed E-state index contributed by atoms with van der Waals surface area (Å²) in [5.41, 5.74) is 0.432. The molecule has 0 radical (unpaired) electrons.